The van der Waals surface area contributed by atoms with E-state index in [1.807, 2.05) is 0 Å². The molecule has 1 heterocycles. The molecule has 0 amide bonds. The smallest absolute Gasteiger partial charge is 0.108 e. The van der Waals surface area contributed by atoms with Crippen LogP contribution in [0.3, 0.4) is 0 Å². The Bertz CT molecular complexity index is 93.6. The number of halogens is 1. The maximum Gasteiger partial charge on any atom is 0.108 e. The van der Waals surface area contributed by atoms with Gasteiger partial charge in [-0.15, -0.1) is 0 Å². The van der Waals surface area contributed by atoms with Crippen molar-refractivity contribution in [2.75, 3.05) is 13.2 Å². The Morgan fingerprint density at radius 3 is 3.00 bits per heavy atom. The minimum Gasteiger partial charge on any atom is -0.371 e. The molecule has 0 aromatic carbocycles. The Balaban J connectivity index is 1.89. The summed E-state index contributed by atoms with van der Waals surface area (Å²) in [5.41, 5.74) is 0. The van der Waals surface area contributed by atoms with E-state index in [4.69, 9.17) is 9.47 Å². The van der Waals surface area contributed by atoms with Crippen LogP contribution in [-0.2, 0) is 9.47 Å². The van der Waals surface area contributed by atoms with E-state index >= 15 is 0 Å². The lowest BCUT2D eigenvalue weighted by Crippen LogP contribution is -2.08. The molecule has 1 aliphatic rings. The van der Waals surface area contributed by atoms with Crippen molar-refractivity contribution in [3.63, 3.8) is 0 Å². The lowest BCUT2D eigenvalue weighted by molar-refractivity contribution is 0.101. The summed E-state index contributed by atoms with van der Waals surface area (Å²) >= 11 is 2.32. The highest BCUT2D eigenvalue weighted by Gasteiger charge is 2.23. The molecular weight excluding hydrogens is 243 g/mol. The Morgan fingerprint density at radius 1 is 1.80 bits per heavy atom. The summed E-state index contributed by atoms with van der Waals surface area (Å²) in [6.45, 7) is 3.85. The van der Waals surface area contributed by atoms with Gasteiger partial charge in [-0.2, -0.15) is 0 Å². The topological polar surface area (TPSA) is 21.8 Å². The molecule has 0 N–H and O–H groups in total. The Labute approximate surface area is 75.4 Å². The molecular formula is C7H13IO2. The third-order valence-electron chi connectivity index (χ3n) is 1.38. The third-order valence-corrected chi connectivity index (χ3v) is 2.36. The molecule has 1 saturated heterocycles. The Hall–Kier alpha value is 0.650. The first-order valence-corrected chi connectivity index (χ1v) is 4.94. The van der Waals surface area contributed by atoms with Gasteiger partial charge < -0.3 is 9.47 Å². The molecule has 0 aromatic rings. The van der Waals surface area contributed by atoms with Crippen LogP contribution in [0.5, 0.6) is 0 Å². The maximum atomic E-state index is 5.47. The molecule has 2 nitrogen and oxygen atoms in total. The van der Waals surface area contributed by atoms with Crippen LogP contribution < -0.4 is 0 Å². The Kier molecular flexibility index (Phi) is 3.95. The summed E-state index contributed by atoms with van der Waals surface area (Å²) in [5, 5.41) is 0. The van der Waals surface area contributed by atoms with E-state index in [-0.39, 0.29) is 0 Å². The highest BCUT2D eigenvalue weighted by molar-refractivity contribution is 14.1. The largest absolute Gasteiger partial charge is 0.371 e. The molecule has 3 heteroatoms. The zero-order valence-corrected chi connectivity index (χ0v) is 8.34. The van der Waals surface area contributed by atoms with Crippen molar-refractivity contribution in [3.8, 4) is 0 Å². The predicted molar refractivity (Wildman–Crippen MR) is 48.4 cm³/mol. The van der Waals surface area contributed by atoms with Crippen LogP contribution in [0.2, 0.25) is 0 Å². The molecule has 2 atom stereocenters. The van der Waals surface area contributed by atoms with E-state index in [9.17, 15) is 0 Å². The lowest BCUT2D eigenvalue weighted by Gasteiger charge is -2.07. The predicted octanol–water partition coefficient (Wildman–Crippen LogP) is 1.96. The molecule has 1 aliphatic heterocycles. The molecule has 10 heavy (non-hydrogen) atoms. The summed E-state index contributed by atoms with van der Waals surface area (Å²) in [6, 6.07) is 0. The van der Waals surface area contributed by atoms with E-state index in [2.05, 4.69) is 29.5 Å². The SMILES string of the molecule is CCCC(I)OCC1CO1. The number of rotatable bonds is 5. The zero-order valence-electron chi connectivity index (χ0n) is 6.18. The van der Waals surface area contributed by atoms with Crippen molar-refractivity contribution in [2.45, 2.75) is 30.0 Å². The second-order valence-corrected chi connectivity index (χ2v) is 3.88. The number of hydrogen-bond acceptors (Lipinski definition) is 2. The van der Waals surface area contributed by atoms with Crippen molar-refractivity contribution in [2.24, 2.45) is 0 Å². The van der Waals surface area contributed by atoms with Crippen LogP contribution in [0.25, 0.3) is 0 Å². The van der Waals surface area contributed by atoms with Gasteiger partial charge in [-0.3, -0.25) is 0 Å². The molecule has 2 unspecified atom stereocenters. The summed E-state index contributed by atoms with van der Waals surface area (Å²) < 4.78 is 10.9. The van der Waals surface area contributed by atoms with E-state index in [0.717, 1.165) is 19.6 Å². The van der Waals surface area contributed by atoms with Crippen LogP contribution in [0.15, 0.2) is 0 Å². The molecule has 1 fully saturated rings. The first-order valence-electron chi connectivity index (χ1n) is 3.70. The summed E-state index contributed by atoms with van der Waals surface area (Å²) in [5.74, 6) is 0. The minimum atomic E-state index is 0.381. The van der Waals surface area contributed by atoms with E-state index in [1.54, 1.807) is 0 Å². The van der Waals surface area contributed by atoms with Gasteiger partial charge in [0.2, 0.25) is 0 Å². The van der Waals surface area contributed by atoms with E-state index in [1.165, 1.54) is 6.42 Å². The number of alkyl halides is 1. The average molecular weight is 256 g/mol. The van der Waals surface area contributed by atoms with Crippen molar-refractivity contribution in [1.29, 1.82) is 0 Å². The molecule has 0 aromatic heterocycles. The van der Waals surface area contributed by atoms with Gasteiger partial charge in [0.1, 0.15) is 10.2 Å². The fourth-order valence-electron chi connectivity index (χ4n) is 0.686. The van der Waals surface area contributed by atoms with Gasteiger partial charge in [0.05, 0.1) is 13.2 Å². The number of epoxide rings is 1. The molecule has 0 radical (unpaired) electrons. The summed E-state index contributed by atoms with van der Waals surface area (Å²) in [4.78, 5) is 0. The number of ether oxygens (including phenoxy) is 2. The fraction of sp³-hybridized carbons (Fsp3) is 1.00. The highest BCUT2D eigenvalue weighted by Crippen LogP contribution is 2.15. The van der Waals surface area contributed by atoms with Gasteiger partial charge >= 0.3 is 0 Å². The fourth-order valence-corrected chi connectivity index (χ4v) is 1.52. The lowest BCUT2D eigenvalue weighted by atomic mass is 10.4. The maximum absolute atomic E-state index is 5.47. The first kappa shape index (κ1) is 8.74. The van der Waals surface area contributed by atoms with Gasteiger partial charge in [-0.05, 0) is 6.42 Å². The quantitative estimate of drug-likeness (QED) is 0.426. The summed E-state index contributed by atoms with van der Waals surface area (Å²) in [7, 11) is 0. The van der Waals surface area contributed by atoms with Crippen LogP contribution in [-0.4, -0.2) is 23.4 Å². The second kappa shape index (κ2) is 4.51. The molecule has 60 valence electrons. The first-order chi connectivity index (χ1) is 4.83. The van der Waals surface area contributed by atoms with Crippen LogP contribution >= 0.6 is 22.6 Å². The van der Waals surface area contributed by atoms with Crippen LogP contribution in [0, 0.1) is 0 Å². The molecule has 1 rings (SSSR count). The second-order valence-electron chi connectivity index (χ2n) is 2.49. The molecule has 0 aliphatic carbocycles. The van der Waals surface area contributed by atoms with Crippen molar-refractivity contribution in [3.05, 3.63) is 0 Å². The Morgan fingerprint density at radius 2 is 2.50 bits per heavy atom. The number of hydrogen-bond donors (Lipinski definition) is 0. The summed E-state index contributed by atoms with van der Waals surface area (Å²) in [6.07, 6.45) is 2.75. The minimum absolute atomic E-state index is 0.381. The van der Waals surface area contributed by atoms with Crippen LogP contribution in [0.1, 0.15) is 19.8 Å². The highest BCUT2D eigenvalue weighted by atomic mass is 127. The molecule has 0 bridgehead atoms. The van der Waals surface area contributed by atoms with Crippen molar-refractivity contribution < 1.29 is 9.47 Å². The third kappa shape index (κ3) is 3.73. The van der Waals surface area contributed by atoms with Crippen molar-refractivity contribution in [1.82, 2.24) is 0 Å². The average Bonchev–Trinajstić information content (AvgIpc) is 2.67. The van der Waals surface area contributed by atoms with E-state index in [0.29, 0.717) is 10.2 Å². The normalized spacial score (nSPS) is 26.4. The monoisotopic (exact) mass is 256 g/mol. The van der Waals surface area contributed by atoms with E-state index < -0.39 is 0 Å². The molecule has 0 spiro atoms. The van der Waals surface area contributed by atoms with Gasteiger partial charge in [0.15, 0.2) is 0 Å². The van der Waals surface area contributed by atoms with Crippen LogP contribution in [0.4, 0.5) is 0 Å². The van der Waals surface area contributed by atoms with Gasteiger partial charge in [0.25, 0.3) is 0 Å². The van der Waals surface area contributed by atoms with Gasteiger partial charge in [0, 0.05) is 0 Å². The zero-order chi connectivity index (χ0) is 7.40. The van der Waals surface area contributed by atoms with Crippen molar-refractivity contribution >= 4 is 22.6 Å². The molecule has 0 saturated carbocycles. The standard InChI is InChI=1S/C7H13IO2/c1-2-3-7(8)10-5-6-4-9-6/h6-7H,2-5H2,1H3. The van der Waals surface area contributed by atoms with Gasteiger partial charge in [-0.25, -0.2) is 0 Å². The van der Waals surface area contributed by atoms with Gasteiger partial charge in [-0.1, -0.05) is 35.9 Å².